The van der Waals surface area contributed by atoms with Gasteiger partial charge in [0.15, 0.2) is 0 Å². The van der Waals surface area contributed by atoms with Crippen molar-refractivity contribution < 1.29 is 9.59 Å². The third kappa shape index (κ3) is 4.34. The van der Waals surface area contributed by atoms with Gasteiger partial charge in [-0.2, -0.15) is 0 Å². The van der Waals surface area contributed by atoms with Gasteiger partial charge >= 0.3 is 0 Å². The summed E-state index contributed by atoms with van der Waals surface area (Å²) in [5.41, 5.74) is 1.27. The van der Waals surface area contributed by atoms with Gasteiger partial charge in [0.1, 0.15) is 0 Å². The van der Waals surface area contributed by atoms with Crippen LogP contribution in [-0.4, -0.2) is 24.9 Å². The van der Waals surface area contributed by atoms with Crippen LogP contribution in [-0.2, 0) is 9.59 Å². The van der Waals surface area contributed by atoms with E-state index in [1.165, 1.54) is 5.56 Å². The second-order valence-corrected chi connectivity index (χ2v) is 6.01. The summed E-state index contributed by atoms with van der Waals surface area (Å²) in [6.07, 6.45) is 2.42. The molecule has 4 nitrogen and oxygen atoms in total. The highest BCUT2D eigenvalue weighted by Crippen LogP contribution is 2.41. The maximum absolute atomic E-state index is 11.7. The monoisotopic (exact) mass is 338 g/mol. The lowest BCUT2D eigenvalue weighted by Gasteiger charge is -2.05. The summed E-state index contributed by atoms with van der Waals surface area (Å²) in [6, 6.07) is 8.48. The minimum absolute atomic E-state index is 0.0167. The molecule has 1 fully saturated rings. The Bertz CT molecular complexity index is 487. The van der Waals surface area contributed by atoms with Gasteiger partial charge in [0.25, 0.3) is 0 Å². The van der Waals surface area contributed by atoms with Crippen LogP contribution < -0.4 is 10.6 Å². The van der Waals surface area contributed by atoms with E-state index in [2.05, 4.69) is 38.7 Å². The molecule has 0 aromatic heterocycles. The second-order valence-electron chi connectivity index (χ2n) is 5.09. The molecule has 108 valence electrons. The normalized spacial score (nSPS) is 20.3. The molecular formula is C15H19BrN2O2. The summed E-state index contributed by atoms with van der Waals surface area (Å²) in [4.78, 5) is 22.8. The van der Waals surface area contributed by atoms with Crippen LogP contribution in [0.25, 0.3) is 0 Å². The summed E-state index contributed by atoms with van der Waals surface area (Å²) < 4.78 is 1.07. The fourth-order valence-electron chi connectivity index (χ4n) is 2.25. The average molecular weight is 339 g/mol. The molecule has 0 unspecified atom stereocenters. The molecule has 1 saturated carbocycles. The predicted molar refractivity (Wildman–Crippen MR) is 81.3 cm³/mol. The molecule has 1 aliphatic carbocycles. The van der Waals surface area contributed by atoms with Crippen molar-refractivity contribution in [2.45, 2.75) is 37.6 Å². The molecule has 20 heavy (non-hydrogen) atoms. The average Bonchev–Trinajstić information content (AvgIpc) is 3.18. The fraction of sp³-hybridized carbons (Fsp3) is 0.467. The molecule has 0 radical (unpaired) electrons. The Morgan fingerprint density at radius 2 is 1.85 bits per heavy atom. The van der Waals surface area contributed by atoms with Gasteiger partial charge in [0.05, 0.1) is 0 Å². The van der Waals surface area contributed by atoms with Gasteiger partial charge in [-0.05, 0) is 30.5 Å². The molecule has 2 rings (SSSR count). The number of benzene rings is 1. The van der Waals surface area contributed by atoms with Crippen LogP contribution in [0.4, 0.5) is 0 Å². The number of hydrogen-bond donors (Lipinski definition) is 2. The maximum atomic E-state index is 11.7. The first kappa shape index (κ1) is 15.0. The van der Waals surface area contributed by atoms with Crippen molar-refractivity contribution >= 4 is 27.7 Å². The van der Waals surface area contributed by atoms with E-state index < -0.39 is 0 Å². The molecule has 0 spiro atoms. The summed E-state index contributed by atoms with van der Waals surface area (Å²) in [7, 11) is 1.61. The predicted octanol–water partition coefficient (Wildman–Crippen LogP) is 2.34. The van der Waals surface area contributed by atoms with E-state index in [9.17, 15) is 9.59 Å². The van der Waals surface area contributed by atoms with Crippen molar-refractivity contribution in [3.8, 4) is 0 Å². The van der Waals surface area contributed by atoms with Gasteiger partial charge in [-0.25, -0.2) is 0 Å². The lowest BCUT2D eigenvalue weighted by molar-refractivity contribution is -0.122. The van der Waals surface area contributed by atoms with Gasteiger partial charge < -0.3 is 10.6 Å². The topological polar surface area (TPSA) is 58.2 Å². The third-order valence-corrected chi connectivity index (χ3v) is 4.05. The molecule has 0 saturated heterocycles. The smallest absolute Gasteiger partial charge is 0.220 e. The van der Waals surface area contributed by atoms with E-state index >= 15 is 0 Å². The minimum atomic E-state index is -0.0167. The molecule has 1 aromatic rings. The lowest BCUT2D eigenvalue weighted by Crippen LogP contribution is -2.26. The first-order chi connectivity index (χ1) is 9.60. The van der Waals surface area contributed by atoms with Crippen molar-refractivity contribution in [3.63, 3.8) is 0 Å². The molecule has 5 heteroatoms. The molecule has 2 amide bonds. The van der Waals surface area contributed by atoms with Gasteiger partial charge in [-0.15, -0.1) is 0 Å². The highest BCUT2D eigenvalue weighted by Gasteiger charge is 2.39. The Labute approximate surface area is 127 Å². The molecule has 1 aliphatic rings. The highest BCUT2D eigenvalue weighted by atomic mass is 79.9. The van der Waals surface area contributed by atoms with Crippen molar-refractivity contribution in [3.05, 3.63) is 34.3 Å². The zero-order chi connectivity index (χ0) is 14.5. The molecule has 0 aliphatic heterocycles. The highest BCUT2D eigenvalue weighted by molar-refractivity contribution is 9.10. The summed E-state index contributed by atoms with van der Waals surface area (Å²) in [5.74, 6) is 0.460. The Balaban J connectivity index is 1.69. The van der Waals surface area contributed by atoms with E-state index in [-0.39, 0.29) is 17.9 Å². The number of nitrogens with one attached hydrogen (secondary N) is 2. The summed E-state index contributed by atoms with van der Waals surface area (Å²) in [5, 5.41) is 5.58. The molecule has 0 heterocycles. The van der Waals surface area contributed by atoms with Crippen LogP contribution in [0, 0.1) is 0 Å². The van der Waals surface area contributed by atoms with Gasteiger partial charge in [-0.1, -0.05) is 28.1 Å². The quantitative estimate of drug-likeness (QED) is 0.836. The van der Waals surface area contributed by atoms with Gasteiger partial charge in [0, 0.05) is 36.3 Å². The lowest BCUT2D eigenvalue weighted by atomic mass is 10.1. The zero-order valence-corrected chi connectivity index (χ0v) is 13.1. The first-order valence-electron chi connectivity index (χ1n) is 6.85. The van der Waals surface area contributed by atoms with Gasteiger partial charge in [0.2, 0.25) is 11.8 Å². The standard InChI is InChI=1S/C15H19BrN2O2/c1-17-14(19)3-2-4-15(20)18-13-9-12(13)10-5-7-11(16)8-6-10/h5-8,12-13H,2-4,9H2,1H3,(H,17,19)(H,18,20)/t12-,13+/m1/s1. The van der Waals surface area contributed by atoms with Crippen LogP contribution in [0.2, 0.25) is 0 Å². The Morgan fingerprint density at radius 1 is 1.20 bits per heavy atom. The molecule has 2 atom stereocenters. The Hall–Kier alpha value is -1.36. The summed E-state index contributed by atoms with van der Waals surface area (Å²) in [6.45, 7) is 0. The van der Waals surface area contributed by atoms with Crippen molar-refractivity contribution in [1.29, 1.82) is 0 Å². The van der Waals surface area contributed by atoms with Crippen LogP contribution in [0.15, 0.2) is 28.7 Å². The van der Waals surface area contributed by atoms with Crippen molar-refractivity contribution in [1.82, 2.24) is 10.6 Å². The third-order valence-electron chi connectivity index (χ3n) is 3.52. The van der Waals surface area contributed by atoms with E-state index in [0.717, 1.165) is 10.9 Å². The van der Waals surface area contributed by atoms with Crippen LogP contribution in [0.3, 0.4) is 0 Å². The number of rotatable bonds is 6. The van der Waals surface area contributed by atoms with E-state index in [1.807, 2.05) is 12.1 Å². The largest absolute Gasteiger partial charge is 0.359 e. The zero-order valence-electron chi connectivity index (χ0n) is 11.5. The number of amides is 2. The van der Waals surface area contributed by atoms with Crippen LogP contribution in [0.5, 0.6) is 0 Å². The number of hydrogen-bond acceptors (Lipinski definition) is 2. The Kier molecular flexibility index (Phi) is 5.17. The minimum Gasteiger partial charge on any atom is -0.359 e. The molecule has 1 aromatic carbocycles. The Morgan fingerprint density at radius 3 is 2.50 bits per heavy atom. The van der Waals surface area contributed by atoms with E-state index in [1.54, 1.807) is 7.05 Å². The number of carbonyl (C=O) groups excluding carboxylic acids is 2. The van der Waals surface area contributed by atoms with E-state index in [4.69, 9.17) is 0 Å². The fourth-order valence-corrected chi connectivity index (χ4v) is 2.51. The van der Waals surface area contributed by atoms with Crippen molar-refractivity contribution in [2.75, 3.05) is 7.05 Å². The van der Waals surface area contributed by atoms with Crippen molar-refractivity contribution in [2.24, 2.45) is 0 Å². The van der Waals surface area contributed by atoms with Gasteiger partial charge in [-0.3, -0.25) is 9.59 Å². The first-order valence-corrected chi connectivity index (χ1v) is 7.65. The summed E-state index contributed by atoms with van der Waals surface area (Å²) >= 11 is 3.41. The second kappa shape index (κ2) is 6.88. The molecule has 2 N–H and O–H groups in total. The number of halogens is 1. The molecular weight excluding hydrogens is 320 g/mol. The van der Waals surface area contributed by atoms with Crippen LogP contribution >= 0.6 is 15.9 Å². The molecule has 0 bridgehead atoms. The van der Waals surface area contributed by atoms with Crippen LogP contribution in [0.1, 0.15) is 37.2 Å². The maximum Gasteiger partial charge on any atom is 0.220 e. The number of carbonyl (C=O) groups is 2. The SMILES string of the molecule is CNC(=O)CCCC(=O)N[C@H]1C[C@@H]1c1ccc(Br)cc1. The van der Waals surface area contributed by atoms with E-state index in [0.29, 0.717) is 25.2 Å².